The number of anilines is 1. The highest BCUT2D eigenvalue weighted by atomic mass is 16.5. The van der Waals surface area contributed by atoms with Crippen LogP contribution in [0.1, 0.15) is 18.1 Å². The highest BCUT2D eigenvalue weighted by Gasteiger charge is 2.28. The lowest BCUT2D eigenvalue weighted by Crippen LogP contribution is -2.37. The van der Waals surface area contributed by atoms with Gasteiger partial charge in [-0.2, -0.15) is 0 Å². The van der Waals surface area contributed by atoms with Gasteiger partial charge in [-0.05, 0) is 30.5 Å². The molecular formula is C13H17NO3. The molecule has 17 heavy (non-hydrogen) atoms. The van der Waals surface area contributed by atoms with E-state index in [-0.39, 0.29) is 0 Å². The van der Waals surface area contributed by atoms with Gasteiger partial charge in [-0.3, -0.25) is 0 Å². The van der Waals surface area contributed by atoms with Crippen LogP contribution in [0, 0.1) is 0 Å². The molecule has 1 aromatic carbocycles. The predicted octanol–water partition coefficient (Wildman–Crippen LogP) is 1.67. The van der Waals surface area contributed by atoms with Crippen molar-refractivity contribution in [1.29, 1.82) is 0 Å². The van der Waals surface area contributed by atoms with Crippen LogP contribution in [0.25, 0.3) is 0 Å². The molecule has 92 valence electrons. The summed E-state index contributed by atoms with van der Waals surface area (Å²) in [7, 11) is 1.67. The summed E-state index contributed by atoms with van der Waals surface area (Å²) in [5, 5.41) is 9.07. The van der Waals surface area contributed by atoms with Crippen molar-refractivity contribution in [2.45, 2.75) is 26.0 Å². The van der Waals surface area contributed by atoms with E-state index in [1.54, 1.807) is 14.0 Å². The number of methoxy groups -OCH3 is 1. The Labute approximate surface area is 101 Å². The summed E-state index contributed by atoms with van der Waals surface area (Å²) in [6.45, 7) is 3.07. The number of aliphatic carboxylic acids is 1. The van der Waals surface area contributed by atoms with E-state index < -0.39 is 12.0 Å². The fourth-order valence-electron chi connectivity index (χ4n) is 2.36. The third kappa shape index (κ3) is 2.13. The van der Waals surface area contributed by atoms with E-state index in [1.807, 2.05) is 23.1 Å². The van der Waals surface area contributed by atoms with Crippen molar-refractivity contribution in [2.75, 3.05) is 18.6 Å². The molecule has 2 rings (SSSR count). The largest absolute Gasteiger partial charge is 0.480 e. The second kappa shape index (κ2) is 4.75. The van der Waals surface area contributed by atoms with Gasteiger partial charge in [0.05, 0.1) is 6.61 Å². The number of nitrogens with zero attached hydrogens (tertiary/aromatic N) is 1. The molecule has 0 saturated carbocycles. The molecule has 0 spiro atoms. The summed E-state index contributed by atoms with van der Waals surface area (Å²) in [6.07, 6.45) is 0.895. The van der Waals surface area contributed by atoms with Crippen molar-refractivity contribution >= 4 is 11.7 Å². The average molecular weight is 235 g/mol. The van der Waals surface area contributed by atoms with Crippen molar-refractivity contribution in [2.24, 2.45) is 0 Å². The summed E-state index contributed by atoms with van der Waals surface area (Å²) in [6, 6.07) is 5.51. The van der Waals surface area contributed by atoms with Crippen LogP contribution in [-0.4, -0.2) is 30.8 Å². The molecule has 0 bridgehead atoms. The van der Waals surface area contributed by atoms with Crippen LogP contribution in [0.4, 0.5) is 5.69 Å². The maximum atomic E-state index is 11.0. The van der Waals surface area contributed by atoms with Crippen molar-refractivity contribution in [3.63, 3.8) is 0 Å². The van der Waals surface area contributed by atoms with Gasteiger partial charge in [-0.15, -0.1) is 0 Å². The molecule has 0 unspecified atom stereocenters. The summed E-state index contributed by atoms with van der Waals surface area (Å²) in [4.78, 5) is 13.0. The maximum absolute atomic E-state index is 11.0. The second-order valence-corrected chi connectivity index (χ2v) is 4.31. The number of fused-ring (bicyclic) bond motifs is 1. The van der Waals surface area contributed by atoms with Crippen molar-refractivity contribution in [1.82, 2.24) is 0 Å². The smallest absolute Gasteiger partial charge is 0.326 e. The Balaban J connectivity index is 2.32. The minimum Gasteiger partial charge on any atom is -0.480 e. The number of ether oxygens (including phenoxy) is 1. The van der Waals surface area contributed by atoms with Crippen LogP contribution >= 0.6 is 0 Å². The lowest BCUT2D eigenvalue weighted by Gasteiger charge is -2.24. The first-order valence-corrected chi connectivity index (χ1v) is 5.74. The van der Waals surface area contributed by atoms with Gasteiger partial charge in [0.25, 0.3) is 0 Å². The minimum atomic E-state index is -0.782. The molecule has 0 amide bonds. The third-order valence-electron chi connectivity index (χ3n) is 3.29. The Morgan fingerprint density at radius 3 is 3.00 bits per heavy atom. The molecule has 0 aromatic heterocycles. The van der Waals surface area contributed by atoms with Crippen LogP contribution in [0.15, 0.2) is 18.2 Å². The van der Waals surface area contributed by atoms with Crippen molar-refractivity contribution in [3.8, 4) is 0 Å². The first-order valence-electron chi connectivity index (χ1n) is 5.74. The Bertz CT molecular complexity index is 431. The third-order valence-corrected chi connectivity index (χ3v) is 3.29. The molecule has 1 heterocycles. The van der Waals surface area contributed by atoms with Gasteiger partial charge in [0.2, 0.25) is 0 Å². The molecule has 4 heteroatoms. The Morgan fingerprint density at radius 2 is 2.35 bits per heavy atom. The lowest BCUT2D eigenvalue weighted by molar-refractivity contribution is -0.138. The minimum absolute atomic E-state index is 0.478. The molecule has 1 aromatic rings. The highest BCUT2D eigenvalue weighted by molar-refractivity contribution is 5.79. The van der Waals surface area contributed by atoms with Gasteiger partial charge in [-0.25, -0.2) is 4.79 Å². The first kappa shape index (κ1) is 11.9. The predicted molar refractivity (Wildman–Crippen MR) is 65.3 cm³/mol. The SMILES string of the molecule is COCc1cccc2c1CCN2[C@H](C)C(=O)O. The number of hydrogen-bond donors (Lipinski definition) is 1. The van der Waals surface area contributed by atoms with Crippen LogP contribution in [-0.2, 0) is 22.6 Å². The number of rotatable bonds is 4. The van der Waals surface area contributed by atoms with E-state index in [0.29, 0.717) is 6.61 Å². The number of hydrogen-bond acceptors (Lipinski definition) is 3. The fraction of sp³-hybridized carbons (Fsp3) is 0.462. The van der Waals surface area contributed by atoms with Gasteiger partial charge in [0.15, 0.2) is 0 Å². The molecule has 1 atom stereocenters. The fourth-order valence-corrected chi connectivity index (χ4v) is 2.36. The first-order chi connectivity index (χ1) is 8.15. The summed E-state index contributed by atoms with van der Waals surface area (Å²) in [5.74, 6) is -0.782. The molecule has 0 aliphatic carbocycles. The summed E-state index contributed by atoms with van der Waals surface area (Å²) < 4.78 is 5.16. The van der Waals surface area contributed by atoms with Gasteiger partial charge in [0, 0.05) is 19.3 Å². The van der Waals surface area contributed by atoms with Crippen LogP contribution in [0.2, 0.25) is 0 Å². The van der Waals surface area contributed by atoms with Crippen LogP contribution in [0.3, 0.4) is 0 Å². The molecule has 0 radical (unpaired) electrons. The summed E-state index contributed by atoms with van der Waals surface area (Å²) in [5.41, 5.74) is 3.42. The normalized spacial score (nSPS) is 15.8. The molecule has 0 saturated heterocycles. The average Bonchev–Trinajstić information content (AvgIpc) is 2.73. The monoisotopic (exact) mass is 235 g/mol. The lowest BCUT2D eigenvalue weighted by atomic mass is 10.1. The molecule has 1 aliphatic rings. The van der Waals surface area contributed by atoms with Crippen LogP contribution in [0.5, 0.6) is 0 Å². The maximum Gasteiger partial charge on any atom is 0.326 e. The van der Waals surface area contributed by atoms with Gasteiger partial charge >= 0.3 is 5.97 Å². The number of carbonyl (C=O) groups is 1. The molecule has 4 nitrogen and oxygen atoms in total. The molecule has 1 N–H and O–H groups in total. The Kier molecular flexibility index (Phi) is 3.33. The molecule has 0 fully saturated rings. The van der Waals surface area contributed by atoms with Gasteiger partial charge in [0.1, 0.15) is 6.04 Å². The van der Waals surface area contributed by atoms with Gasteiger partial charge in [-0.1, -0.05) is 12.1 Å². The van der Waals surface area contributed by atoms with Crippen molar-refractivity contribution < 1.29 is 14.6 Å². The van der Waals surface area contributed by atoms with Gasteiger partial charge < -0.3 is 14.7 Å². The quantitative estimate of drug-likeness (QED) is 0.862. The molecule has 1 aliphatic heterocycles. The van der Waals surface area contributed by atoms with E-state index in [4.69, 9.17) is 9.84 Å². The highest BCUT2D eigenvalue weighted by Crippen LogP contribution is 2.32. The molecular weight excluding hydrogens is 218 g/mol. The number of benzene rings is 1. The standard InChI is InChI=1S/C13H17NO3/c1-9(13(15)16)14-7-6-11-10(8-17-2)4-3-5-12(11)14/h3-5,9H,6-8H2,1-2H3,(H,15,16)/t9-/m1/s1. The number of carboxylic acid groups (broad SMARTS) is 1. The van der Waals surface area contributed by atoms with E-state index in [2.05, 4.69) is 0 Å². The van der Waals surface area contributed by atoms with E-state index in [1.165, 1.54) is 5.56 Å². The van der Waals surface area contributed by atoms with Crippen molar-refractivity contribution in [3.05, 3.63) is 29.3 Å². The van der Waals surface area contributed by atoms with E-state index in [9.17, 15) is 4.79 Å². The van der Waals surface area contributed by atoms with E-state index in [0.717, 1.165) is 24.2 Å². The Hall–Kier alpha value is -1.55. The zero-order valence-electron chi connectivity index (χ0n) is 10.1. The van der Waals surface area contributed by atoms with E-state index >= 15 is 0 Å². The second-order valence-electron chi connectivity index (χ2n) is 4.31. The zero-order chi connectivity index (χ0) is 12.4. The summed E-state index contributed by atoms with van der Waals surface area (Å²) >= 11 is 0. The van der Waals surface area contributed by atoms with Crippen LogP contribution < -0.4 is 4.90 Å². The topological polar surface area (TPSA) is 49.8 Å². The zero-order valence-corrected chi connectivity index (χ0v) is 10.1. The number of carboxylic acids is 1. The Morgan fingerprint density at radius 1 is 1.59 bits per heavy atom.